The smallest absolute Gasteiger partial charge is 0.314 e. The zero-order chi connectivity index (χ0) is 18.2. The Morgan fingerprint density at radius 1 is 1.08 bits per heavy atom. The van der Waals surface area contributed by atoms with E-state index in [4.69, 9.17) is 4.74 Å². The predicted molar refractivity (Wildman–Crippen MR) is 108 cm³/mol. The molecule has 1 aliphatic carbocycles. The number of carbonyl (C=O) groups is 1. The van der Waals surface area contributed by atoms with Crippen molar-refractivity contribution in [1.29, 1.82) is 0 Å². The Morgan fingerprint density at radius 3 is 2.46 bits per heavy atom. The molecule has 0 spiro atoms. The fourth-order valence-corrected chi connectivity index (χ4v) is 3.99. The topological polar surface area (TPSA) is 46.5 Å². The molecule has 0 heterocycles. The average Bonchev–Trinajstić information content (AvgIpc) is 2.69. The lowest BCUT2D eigenvalue weighted by atomic mass is 9.78. The number of para-hydroxylation sites is 1. The number of hydrogen-bond donors (Lipinski definition) is 1. The van der Waals surface area contributed by atoms with Gasteiger partial charge >= 0.3 is 5.97 Å². The van der Waals surface area contributed by atoms with Crippen LogP contribution in [0.5, 0.6) is 5.75 Å². The molecule has 4 heteroatoms. The molecule has 2 aromatic rings. The summed E-state index contributed by atoms with van der Waals surface area (Å²) in [5.74, 6) is 1.35. The normalized spacial score (nSPS) is 19.0. The highest BCUT2D eigenvalue weighted by atomic mass is 32.2. The van der Waals surface area contributed by atoms with Gasteiger partial charge in [0.05, 0.1) is 12.0 Å². The Labute approximate surface area is 158 Å². The van der Waals surface area contributed by atoms with Crippen LogP contribution in [0.15, 0.2) is 78.9 Å². The molecule has 1 atom stereocenters. The van der Waals surface area contributed by atoms with Crippen LogP contribution in [-0.2, 0) is 4.79 Å². The number of thioether (sulfide) groups is 1. The fourth-order valence-electron chi connectivity index (χ4n) is 2.95. The van der Waals surface area contributed by atoms with Crippen molar-refractivity contribution in [3.05, 3.63) is 84.5 Å². The first kappa shape index (κ1) is 18.3. The first-order chi connectivity index (χ1) is 12.7. The number of benzene rings is 2. The summed E-state index contributed by atoms with van der Waals surface area (Å²) in [5.41, 5.74) is 1.29. The van der Waals surface area contributed by atoms with Gasteiger partial charge in [0.15, 0.2) is 0 Å². The van der Waals surface area contributed by atoms with Gasteiger partial charge in [-0.3, -0.25) is 4.79 Å². The summed E-state index contributed by atoms with van der Waals surface area (Å²) < 4.78 is 5.68. The summed E-state index contributed by atoms with van der Waals surface area (Å²) in [4.78, 5) is 12.0. The van der Waals surface area contributed by atoms with E-state index in [-0.39, 0.29) is 0 Å². The minimum atomic E-state index is -0.864. The molecule has 0 saturated carbocycles. The van der Waals surface area contributed by atoms with Gasteiger partial charge in [-0.25, -0.2) is 0 Å². The molecule has 0 bridgehead atoms. The minimum absolute atomic E-state index is 0.509. The van der Waals surface area contributed by atoms with E-state index in [1.807, 2.05) is 78.9 Å². The third-order valence-corrected chi connectivity index (χ3v) is 5.56. The molecular weight excluding hydrogens is 344 g/mol. The zero-order valence-corrected chi connectivity index (χ0v) is 15.3. The van der Waals surface area contributed by atoms with E-state index in [2.05, 4.69) is 0 Å². The van der Waals surface area contributed by atoms with Crippen molar-refractivity contribution in [2.75, 3.05) is 18.1 Å². The van der Waals surface area contributed by atoms with Crippen molar-refractivity contribution in [2.45, 2.75) is 6.42 Å². The number of aliphatic carboxylic acids is 1. The maximum atomic E-state index is 12.0. The molecule has 0 aliphatic heterocycles. The van der Waals surface area contributed by atoms with Gasteiger partial charge in [-0.2, -0.15) is 11.8 Å². The third-order valence-electron chi connectivity index (χ3n) is 4.39. The Bertz CT molecular complexity index is 784. The van der Waals surface area contributed by atoms with Crippen molar-refractivity contribution in [3.8, 4) is 5.75 Å². The summed E-state index contributed by atoms with van der Waals surface area (Å²) >= 11 is 1.62. The fraction of sp³-hybridized carbons (Fsp3) is 0.227. The number of carboxylic acids is 1. The largest absolute Gasteiger partial charge is 0.493 e. The lowest BCUT2D eigenvalue weighted by molar-refractivity contribution is -0.144. The molecule has 0 fully saturated rings. The zero-order valence-electron chi connectivity index (χ0n) is 14.5. The van der Waals surface area contributed by atoms with Crippen LogP contribution in [0.1, 0.15) is 12.0 Å². The van der Waals surface area contributed by atoms with Gasteiger partial charge < -0.3 is 9.84 Å². The van der Waals surface area contributed by atoms with E-state index in [9.17, 15) is 9.90 Å². The van der Waals surface area contributed by atoms with Gasteiger partial charge in [0.1, 0.15) is 5.75 Å². The third kappa shape index (κ3) is 4.58. The average molecular weight is 366 g/mol. The summed E-state index contributed by atoms with van der Waals surface area (Å²) in [6, 6.07) is 19.6. The van der Waals surface area contributed by atoms with E-state index < -0.39 is 11.4 Å². The van der Waals surface area contributed by atoms with Gasteiger partial charge in [-0.05, 0) is 29.7 Å². The molecule has 134 valence electrons. The monoisotopic (exact) mass is 366 g/mol. The molecule has 0 amide bonds. The number of rotatable bonds is 8. The van der Waals surface area contributed by atoms with Crippen molar-refractivity contribution in [1.82, 2.24) is 0 Å². The second-order valence-corrected chi connectivity index (χ2v) is 7.37. The van der Waals surface area contributed by atoms with Crippen LogP contribution in [0.3, 0.4) is 0 Å². The number of ether oxygens (including phenoxy) is 1. The maximum absolute atomic E-state index is 12.0. The van der Waals surface area contributed by atoms with Crippen LogP contribution < -0.4 is 4.74 Å². The maximum Gasteiger partial charge on any atom is 0.314 e. The van der Waals surface area contributed by atoms with Gasteiger partial charge in [0, 0.05) is 11.5 Å². The Balaban J connectivity index is 1.56. The molecule has 1 unspecified atom stereocenters. The van der Waals surface area contributed by atoms with Crippen molar-refractivity contribution in [3.63, 3.8) is 0 Å². The molecule has 0 saturated heterocycles. The van der Waals surface area contributed by atoms with E-state index in [0.29, 0.717) is 18.8 Å². The van der Waals surface area contributed by atoms with Crippen molar-refractivity contribution >= 4 is 23.3 Å². The van der Waals surface area contributed by atoms with Crippen LogP contribution in [0, 0.1) is 5.41 Å². The number of carboxylic acid groups (broad SMARTS) is 1. The summed E-state index contributed by atoms with van der Waals surface area (Å²) in [5, 5.41) is 9.86. The Kier molecular flexibility index (Phi) is 6.18. The van der Waals surface area contributed by atoms with Crippen LogP contribution >= 0.6 is 11.8 Å². The molecule has 3 nitrogen and oxygen atoms in total. The Morgan fingerprint density at radius 2 is 1.77 bits per heavy atom. The lowest BCUT2D eigenvalue weighted by Crippen LogP contribution is -2.33. The Hall–Kier alpha value is -2.46. The molecule has 26 heavy (non-hydrogen) atoms. The molecule has 0 radical (unpaired) electrons. The molecule has 1 aliphatic rings. The summed E-state index contributed by atoms with van der Waals surface area (Å²) in [6.07, 6.45) is 6.23. The second kappa shape index (κ2) is 8.77. The first-order valence-corrected chi connectivity index (χ1v) is 9.78. The van der Waals surface area contributed by atoms with E-state index in [0.717, 1.165) is 22.6 Å². The van der Waals surface area contributed by atoms with Crippen molar-refractivity contribution in [2.24, 2.45) is 5.41 Å². The molecule has 0 aromatic heterocycles. The van der Waals surface area contributed by atoms with Gasteiger partial charge in [0.25, 0.3) is 0 Å². The summed E-state index contributed by atoms with van der Waals surface area (Å²) in [7, 11) is 0. The van der Waals surface area contributed by atoms with Gasteiger partial charge in [-0.15, -0.1) is 0 Å². The first-order valence-electron chi connectivity index (χ1n) is 8.62. The molecule has 2 aromatic carbocycles. The second-order valence-electron chi connectivity index (χ2n) is 6.27. The minimum Gasteiger partial charge on any atom is -0.493 e. The van der Waals surface area contributed by atoms with E-state index in [1.54, 1.807) is 11.8 Å². The SMILES string of the molecule is O=C(O)C1(CSCCOc2ccccc2)C=CC=C(c2ccccc2)C1. The molecule has 3 rings (SSSR count). The van der Waals surface area contributed by atoms with E-state index in [1.165, 1.54) is 0 Å². The summed E-state index contributed by atoms with van der Waals surface area (Å²) in [6.45, 7) is 0.565. The number of allylic oxidation sites excluding steroid dienone is 3. The van der Waals surface area contributed by atoms with Crippen LogP contribution in [-0.4, -0.2) is 29.2 Å². The highest BCUT2D eigenvalue weighted by Crippen LogP contribution is 2.39. The lowest BCUT2D eigenvalue weighted by Gasteiger charge is -2.29. The standard InChI is InChI=1S/C22H22O3S/c23-21(24)22(17-26-15-14-25-20-11-5-2-6-12-20)13-7-10-19(16-22)18-8-3-1-4-9-18/h1-13H,14-17H2,(H,23,24). The van der Waals surface area contributed by atoms with Crippen LogP contribution in [0.2, 0.25) is 0 Å². The quantitative estimate of drug-likeness (QED) is 0.674. The van der Waals surface area contributed by atoms with Gasteiger partial charge in [-0.1, -0.05) is 66.8 Å². The predicted octanol–water partition coefficient (Wildman–Crippen LogP) is 4.91. The van der Waals surface area contributed by atoms with Crippen molar-refractivity contribution < 1.29 is 14.6 Å². The van der Waals surface area contributed by atoms with Crippen LogP contribution in [0.25, 0.3) is 5.57 Å². The number of hydrogen-bond acceptors (Lipinski definition) is 3. The molecular formula is C22H22O3S. The molecule has 1 N–H and O–H groups in total. The highest BCUT2D eigenvalue weighted by molar-refractivity contribution is 7.99. The van der Waals surface area contributed by atoms with Crippen LogP contribution in [0.4, 0.5) is 0 Å². The highest BCUT2D eigenvalue weighted by Gasteiger charge is 2.38. The van der Waals surface area contributed by atoms with E-state index >= 15 is 0 Å². The van der Waals surface area contributed by atoms with Gasteiger partial charge in [0.2, 0.25) is 0 Å².